The van der Waals surface area contributed by atoms with Gasteiger partial charge in [0.2, 0.25) is 0 Å². The molecule has 30 heavy (non-hydrogen) atoms. The Kier molecular flexibility index (Phi) is 6.15. The maximum atomic E-state index is 12.1. The van der Waals surface area contributed by atoms with Crippen LogP contribution < -0.4 is 0 Å². The Morgan fingerprint density at radius 3 is 2.50 bits per heavy atom. The molecule has 8 atom stereocenters. The van der Waals surface area contributed by atoms with E-state index in [4.69, 9.17) is 0 Å². The van der Waals surface area contributed by atoms with Gasteiger partial charge in [-0.1, -0.05) is 64.8 Å². The van der Waals surface area contributed by atoms with Crippen LogP contribution >= 0.6 is 0 Å². The zero-order valence-corrected chi connectivity index (χ0v) is 20.5. The van der Waals surface area contributed by atoms with Crippen molar-refractivity contribution in [1.29, 1.82) is 0 Å². The van der Waals surface area contributed by atoms with Gasteiger partial charge in [0.1, 0.15) is 5.78 Å². The first-order chi connectivity index (χ1) is 14.2. The van der Waals surface area contributed by atoms with Crippen LogP contribution in [0.5, 0.6) is 0 Å². The molecule has 0 unspecified atom stereocenters. The van der Waals surface area contributed by atoms with Crippen molar-refractivity contribution >= 4 is 5.78 Å². The minimum atomic E-state index is 0.0846. The standard InChI is InChI=1S/C29H46O/c1-19(2)23(21(4)30)12-10-20(3)25-14-15-26-24-13-11-22-9-7-8-17-28(22,5)27(24)16-18-29(25,26)6/h10-12,19-20,23-27H,7-9,13-18H2,1-6H3/t20-,23-,24+,25-,26+,27+,28+,29-/m1/s1. The number of fused-ring (bicyclic) bond motifs is 5. The predicted molar refractivity (Wildman–Crippen MR) is 127 cm³/mol. The number of rotatable bonds is 5. The number of allylic oxidation sites excluding steroid dienone is 4. The average molecular weight is 411 g/mol. The van der Waals surface area contributed by atoms with Gasteiger partial charge in [-0.15, -0.1) is 0 Å². The summed E-state index contributed by atoms with van der Waals surface area (Å²) in [6.45, 7) is 13.8. The van der Waals surface area contributed by atoms with Crippen LogP contribution in [0.3, 0.4) is 0 Å². The number of Topliss-reactive ketones (excluding diaryl/α,β-unsaturated/α-hetero) is 1. The van der Waals surface area contributed by atoms with Crippen molar-refractivity contribution in [2.45, 2.75) is 99.3 Å². The number of carbonyl (C=O) groups excluding carboxylic acids is 1. The largest absolute Gasteiger partial charge is 0.299 e. The zero-order chi connectivity index (χ0) is 21.7. The van der Waals surface area contributed by atoms with Gasteiger partial charge in [-0.3, -0.25) is 4.79 Å². The molecular weight excluding hydrogens is 364 g/mol. The van der Waals surface area contributed by atoms with Crippen LogP contribution in [0.25, 0.3) is 0 Å². The lowest BCUT2D eigenvalue weighted by molar-refractivity contribution is -0.120. The number of carbonyl (C=O) groups is 1. The van der Waals surface area contributed by atoms with E-state index < -0.39 is 0 Å². The molecule has 0 saturated heterocycles. The van der Waals surface area contributed by atoms with Crippen LogP contribution in [0, 0.1) is 52.3 Å². The van der Waals surface area contributed by atoms with Gasteiger partial charge in [-0.2, -0.15) is 0 Å². The Balaban J connectivity index is 1.53. The maximum absolute atomic E-state index is 12.1. The van der Waals surface area contributed by atoms with Crippen LogP contribution in [-0.2, 0) is 4.79 Å². The predicted octanol–water partition coefficient (Wildman–Crippen LogP) is 8.01. The first-order valence-electron chi connectivity index (χ1n) is 13.1. The van der Waals surface area contributed by atoms with Crippen LogP contribution in [0.4, 0.5) is 0 Å². The van der Waals surface area contributed by atoms with Gasteiger partial charge in [0.15, 0.2) is 0 Å². The number of hydrogen-bond donors (Lipinski definition) is 0. The molecule has 0 heterocycles. The fourth-order valence-corrected chi connectivity index (χ4v) is 8.86. The zero-order valence-electron chi connectivity index (χ0n) is 20.5. The molecule has 0 amide bonds. The summed E-state index contributed by atoms with van der Waals surface area (Å²) in [5.41, 5.74) is 2.83. The van der Waals surface area contributed by atoms with E-state index in [0.717, 1.165) is 23.7 Å². The van der Waals surface area contributed by atoms with E-state index in [1.54, 1.807) is 6.92 Å². The highest BCUT2D eigenvalue weighted by molar-refractivity contribution is 5.80. The van der Waals surface area contributed by atoms with E-state index in [2.05, 4.69) is 52.8 Å². The van der Waals surface area contributed by atoms with Crippen molar-refractivity contribution in [2.24, 2.45) is 52.3 Å². The van der Waals surface area contributed by atoms with Crippen LogP contribution in [0.15, 0.2) is 23.8 Å². The Morgan fingerprint density at radius 1 is 1.03 bits per heavy atom. The molecular formula is C29H46O. The lowest BCUT2D eigenvalue weighted by atomic mass is 9.47. The van der Waals surface area contributed by atoms with Crippen LogP contribution in [0.2, 0.25) is 0 Å². The lowest BCUT2D eigenvalue weighted by Crippen LogP contribution is -2.49. The van der Waals surface area contributed by atoms with Crippen molar-refractivity contribution in [1.82, 2.24) is 0 Å². The molecule has 4 rings (SSSR count). The summed E-state index contributed by atoms with van der Waals surface area (Å²) in [4.78, 5) is 12.1. The maximum Gasteiger partial charge on any atom is 0.136 e. The van der Waals surface area contributed by atoms with Crippen LogP contribution in [0.1, 0.15) is 99.3 Å². The van der Waals surface area contributed by atoms with E-state index in [1.807, 2.05) is 5.57 Å². The topological polar surface area (TPSA) is 17.1 Å². The quantitative estimate of drug-likeness (QED) is 0.419. The third-order valence-electron chi connectivity index (χ3n) is 10.5. The molecule has 3 fully saturated rings. The molecule has 4 aliphatic rings. The molecule has 0 bridgehead atoms. The molecule has 0 aromatic rings. The van der Waals surface area contributed by atoms with Gasteiger partial charge < -0.3 is 0 Å². The third kappa shape index (κ3) is 3.57. The van der Waals surface area contributed by atoms with Crippen molar-refractivity contribution in [3.8, 4) is 0 Å². The fourth-order valence-electron chi connectivity index (χ4n) is 8.86. The molecule has 0 aliphatic heterocycles. The molecule has 168 valence electrons. The highest BCUT2D eigenvalue weighted by atomic mass is 16.1. The van der Waals surface area contributed by atoms with Crippen molar-refractivity contribution < 1.29 is 4.79 Å². The SMILES string of the molecule is CC(=O)[C@H](C=C[C@@H](C)[C@H]1CC[C@H]2[C@@H]3CC=C4CCCC[C@]4(C)[C@H]3CC[C@]12C)C(C)C. The highest BCUT2D eigenvalue weighted by Crippen LogP contribution is 2.67. The summed E-state index contributed by atoms with van der Waals surface area (Å²) in [6, 6.07) is 0. The molecule has 0 aromatic carbocycles. The second-order valence-corrected chi connectivity index (χ2v) is 12.3. The number of ketones is 1. The Bertz CT molecular complexity index is 714. The molecule has 0 spiro atoms. The average Bonchev–Trinajstić information content (AvgIpc) is 3.04. The molecule has 4 aliphatic carbocycles. The minimum absolute atomic E-state index is 0.0846. The summed E-state index contributed by atoms with van der Waals surface area (Å²) in [6.07, 6.45) is 20.1. The Morgan fingerprint density at radius 2 is 1.80 bits per heavy atom. The molecule has 1 heteroatoms. The summed E-state index contributed by atoms with van der Waals surface area (Å²) >= 11 is 0. The van der Waals surface area contributed by atoms with E-state index in [-0.39, 0.29) is 5.92 Å². The smallest absolute Gasteiger partial charge is 0.136 e. The lowest BCUT2D eigenvalue weighted by Gasteiger charge is -2.58. The summed E-state index contributed by atoms with van der Waals surface area (Å²) < 4.78 is 0. The van der Waals surface area contributed by atoms with Gasteiger partial charge in [0.05, 0.1) is 0 Å². The first kappa shape index (κ1) is 22.3. The first-order valence-corrected chi connectivity index (χ1v) is 13.1. The Labute approximate surface area is 186 Å². The van der Waals surface area contributed by atoms with Gasteiger partial charge in [0, 0.05) is 5.92 Å². The van der Waals surface area contributed by atoms with E-state index in [9.17, 15) is 4.79 Å². The normalized spacial score (nSPS) is 43.0. The second-order valence-electron chi connectivity index (χ2n) is 12.3. The molecule has 0 radical (unpaired) electrons. The third-order valence-corrected chi connectivity index (χ3v) is 10.5. The van der Waals surface area contributed by atoms with E-state index >= 15 is 0 Å². The molecule has 1 nitrogen and oxygen atoms in total. The van der Waals surface area contributed by atoms with Gasteiger partial charge in [0.25, 0.3) is 0 Å². The fraction of sp³-hybridized carbons (Fsp3) is 0.828. The van der Waals surface area contributed by atoms with E-state index in [1.165, 1.54) is 57.8 Å². The van der Waals surface area contributed by atoms with Crippen molar-refractivity contribution in [3.63, 3.8) is 0 Å². The summed E-state index contributed by atoms with van der Waals surface area (Å²) in [5.74, 6) is 4.91. The van der Waals surface area contributed by atoms with Crippen molar-refractivity contribution in [2.75, 3.05) is 0 Å². The van der Waals surface area contributed by atoms with Gasteiger partial charge in [-0.05, 0) is 105 Å². The summed E-state index contributed by atoms with van der Waals surface area (Å²) in [7, 11) is 0. The summed E-state index contributed by atoms with van der Waals surface area (Å²) in [5, 5.41) is 0. The minimum Gasteiger partial charge on any atom is -0.299 e. The van der Waals surface area contributed by atoms with Gasteiger partial charge in [-0.25, -0.2) is 0 Å². The number of hydrogen-bond acceptors (Lipinski definition) is 1. The van der Waals surface area contributed by atoms with Crippen molar-refractivity contribution in [3.05, 3.63) is 23.8 Å². The Hall–Kier alpha value is -0.850. The molecule has 3 saturated carbocycles. The highest BCUT2D eigenvalue weighted by Gasteiger charge is 2.58. The van der Waals surface area contributed by atoms with Crippen LogP contribution in [-0.4, -0.2) is 5.78 Å². The monoisotopic (exact) mass is 410 g/mol. The molecule has 0 aromatic heterocycles. The second kappa shape index (κ2) is 8.25. The molecule has 0 N–H and O–H groups in total. The van der Waals surface area contributed by atoms with Gasteiger partial charge >= 0.3 is 0 Å². The van der Waals surface area contributed by atoms with E-state index in [0.29, 0.717) is 28.4 Å².